The number of hydrogen-bond acceptors (Lipinski definition) is 6. The topological polar surface area (TPSA) is 83.0 Å². The normalized spacial score (nSPS) is 23.1. The first-order valence-corrected chi connectivity index (χ1v) is 13.3. The minimum atomic E-state index is -3.86. The van der Waals surface area contributed by atoms with Crippen LogP contribution >= 0.6 is 0 Å². The number of pyridine rings is 1. The fourth-order valence-corrected chi connectivity index (χ4v) is 6.05. The molecule has 0 bridgehead atoms. The lowest BCUT2D eigenvalue weighted by Gasteiger charge is -2.37. The Labute approximate surface area is 202 Å². The van der Waals surface area contributed by atoms with Crippen molar-refractivity contribution in [3.05, 3.63) is 53.9 Å². The Morgan fingerprint density at radius 3 is 2.68 bits per heavy atom. The van der Waals surface area contributed by atoms with E-state index in [1.165, 1.54) is 17.1 Å². The third-order valence-electron chi connectivity index (χ3n) is 6.44. The Hall–Kier alpha value is -2.44. The second kappa shape index (κ2) is 10.4. The summed E-state index contributed by atoms with van der Waals surface area (Å²) in [5.74, 6) is 7.15. The molecule has 1 aromatic carbocycles. The quantitative estimate of drug-likeness (QED) is 0.636. The molecule has 1 aliphatic carbocycles. The van der Waals surface area contributed by atoms with Gasteiger partial charge in [-0.1, -0.05) is 18.8 Å². The number of fused-ring (bicyclic) bond motifs is 1. The van der Waals surface area contributed by atoms with Crippen LogP contribution in [-0.4, -0.2) is 73.1 Å². The Balaban J connectivity index is 1.71. The molecule has 7 nitrogen and oxygen atoms in total. The molecule has 1 N–H and O–H groups in total. The third-order valence-corrected chi connectivity index (χ3v) is 8.46. The van der Waals surface area contributed by atoms with E-state index >= 15 is 0 Å². The fraction of sp³-hybridized carbons (Fsp3) is 0.500. The molecule has 2 aromatic rings. The van der Waals surface area contributed by atoms with Crippen LogP contribution in [0.4, 0.5) is 0 Å². The SMILES string of the molecule is C[C@@H]1CN([C@H](C)CO)S(=O)(=O)c2ccc(C#Cc3cccnc3)cc2O[C@@H]1CN(C)CC1CC1. The van der Waals surface area contributed by atoms with Gasteiger partial charge in [0.25, 0.3) is 0 Å². The van der Waals surface area contributed by atoms with Crippen LogP contribution in [0.2, 0.25) is 0 Å². The molecule has 182 valence electrons. The maximum atomic E-state index is 13.6. The van der Waals surface area contributed by atoms with E-state index in [0.717, 1.165) is 18.0 Å². The van der Waals surface area contributed by atoms with E-state index in [1.807, 2.05) is 19.1 Å². The number of nitrogens with zero attached hydrogens (tertiary/aromatic N) is 3. The third kappa shape index (κ3) is 5.78. The summed E-state index contributed by atoms with van der Waals surface area (Å²) in [4.78, 5) is 6.47. The molecule has 1 aromatic heterocycles. The summed E-state index contributed by atoms with van der Waals surface area (Å²) in [6.07, 6.45) is 5.72. The van der Waals surface area contributed by atoms with Crippen molar-refractivity contribution in [3.8, 4) is 17.6 Å². The number of rotatable bonds is 6. The van der Waals surface area contributed by atoms with Gasteiger partial charge in [-0.15, -0.1) is 0 Å². The van der Waals surface area contributed by atoms with Gasteiger partial charge in [0.1, 0.15) is 16.7 Å². The van der Waals surface area contributed by atoms with Crippen molar-refractivity contribution >= 4 is 10.0 Å². The molecule has 2 aliphatic rings. The van der Waals surface area contributed by atoms with Crippen LogP contribution in [0.5, 0.6) is 5.75 Å². The van der Waals surface area contributed by atoms with Gasteiger partial charge in [-0.2, -0.15) is 4.31 Å². The molecule has 0 amide bonds. The molecule has 1 fully saturated rings. The van der Waals surface area contributed by atoms with Crippen LogP contribution < -0.4 is 4.74 Å². The predicted molar refractivity (Wildman–Crippen MR) is 131 cm³/mol. The van der Waals surface area contributed by atoms with E-state index in [2.05, 4.69) is 28.8 Å². The number of aliphatic hydroxyl groups excluding tert-OH is 1. The van der Waals surface area contributed by atoms with Gasteiger partial charge in [0.05, 0.1) is 6.61 Å². The summed E-state index contributed by atoms with van der Waals surface area (Å²) in [7, 11) is -1.76. The van der Waals surface area contributed by atoms with Gasteiger partial charge in [0, 0.05) is 55.1 Å². The zero-order chi connectivity index (χ0) is 24.3. The van der Waals surface area contributed by atoms with Crippen molar-refractivity contribution < 1.29 is 18.3 Å². The van der Waals surface area contributed by atoms with Crippen molar-refractivity contribution in [1.29, 1.82) is 0 Å². The lowest BCUT2D eigenvalue weighted by molar-refractivity contribution is 0.0740. The highest BCUT2D eigenvalue weighted by molar-refractivity contribution is 7.89. The van der Waals surface area contributed by atoms with Crippen LogP contribution in [0, 0.1) is 23.7 Å². The molecule has 3 atom stereocenters. The number of benzene rings is 1. The average Bonchev–Trinajstić information content (AvgIpc) is 3.64. The number of ether oxygens (including phenoxy) is 1. The van der Waals surface area contributed by atoms with Crippen molar-refractivity contribution in [2.45, 2.75) is 43.7 Å². The number of sulfonamides is 1. The predicted octanol–water partition coefficient (Wildman–Crippen LogP) is 2.59. The largest absolute Gasteiger partial charge is 0.487 e. The average molecular weight is 484 g/mol. The highest BCUT2D eigenvalue weighted by atomic mass is 32.2. The first-order chi connectivity index (χ1) is 16.3. The number of hydrogen-bond donors (Lipinski definition) is 1. The molecule has 0 radical (unpaired) electrons. The van der Waals surface area contributed by atoms with Gasteiger partial charge < -0.3 is 14.7 Å². The van der Waals surface area contributed by atoms with Gasteiger partial charge in [0.2, 0.25) is 10.0 Å². The number of likely N-dealkylation sites (N-methyl/N-ethyl adjacent to an activating group) is 1. The minimum absolute atomic E-state index is 0.0660. The fourth-order valence-electron chi connectivity index (χ4n) is 4.23. The van der Waals surface area contributed by atoms with Crippen LogP contribution in [0.1, 0.15) is 37.8 Å². The van der Waals surface area contributed by atoms with Gasteiger partial charge in [-0.05, 0) is 63.1 Å². The lowest BCUT2D eigenvalue weighted by atomic mass is 10.0. The van der Waals surface area contributed by atoms with E-state index < -0.39 is 16.1 Å². The van der Waals surface area contributed by atoms with Crippen LogP contribution in [0.3, 0.4) is 0 Å². The van der Waals surface area contributed by atoms with Crippen molar-refractivity contribution in [2.75, 3.05) is 33.3 Å². The smallest absolute Gasteiger partial charge is 0.247 e. The van der Waals surface area contributed by atoms with Crippen molar-refractivity contribution in [2.24, 2.45) is 11.8 Å². The maximum Gasteiger partial charge on any atom is 0.247 e. The first-order valence-electron chi connectivity index (χ1n) is 11.8. The Morgan fingerprint density at radius 1 is 1.24 bits per heavy atom. The van der Waals surface area contributed by atoms with E-state index in [1.54, 1.807) is 37.5 Å². The molecule has 0 unspecified atom stereocenters. The minimum Gasteiger partial charge on any atom is -0.487 e. The van der Waals surface area contributed by atoms with Gasteiger partial charge in [0.15, 0.2) is 0 Å². The highest BCUT2D eigenvalue weighted by Gasteiger charge is 2.38. The zero-order valence-corrected chi connectivity index (χ0v) is 20.8. The van der Waals surface area contributed by atoms with E-state index in [-0.39, 0.29) is 30.1 Å². The van der Waals surface area contributed by atoms with Gasteiger partial charge in [-0.25, -0.2) is 8.42 Å². The Kier molecular flexibility index (Phi) is 7.58. The van der Waals surface area contributed by atoms with E-state index in [0.29, 0.717) is 17.9 Å². The van der Waals surface area contributed by atoms with Crippen LogP contribution in [0.25, 0.3) is 0 Å². The molecule has 0 saturated heterocycles. The van der Waals surface area contributed by atoms with Crippen molar-refractivity contribution in [1.82, 2.24) is 14.2 Å². The van der Waals surface area contributed by atoms with E-state index in [9.17, 15) is 13.5 Å². The second-order valence-electron chi connectivity index (χ2n) is 9.56. The lowest BCUT2D eigenvalue weighted by Crippen LogP contribution is -2.49. The summed E-state index contributed by atoms with van der Waals surface area (Å²) in [5.41, 5.74) is 1.44. The summed E-state index contributed by atoms with van der Waals surface area (Å²) in [6.45, 7) is 5.50. The highest BCUT2D eigenvalue weighted by Crippen LogP contribution is 2.35. The molecular weight excluding hydrogens is 450 g/mol. The molecule has 8 heteroatoms. The molecule has 34 heavy (non-hydrogen) atoms. The maximum absolute atomic E-state index is 13.6. The Morgan fingerprint density at radius 2 is 2.00 bits per heavy atom. The summed E-state index contributed by atoms with van der Waals surface area (Å²) in [5, 5.41) is 9.79. The zero-order valence-electron chi connectivity index (χ0n) is 20.0. The van der Waals surface area contributed by atoms with E-state index in [4.69, 9.17) is 4.74 Å². The Bertz CT molecular complexity index is 1160. The number of aliphatic hydroxyl groups is 1. The first kappa shape index (κ1) is 24.7. The molecular formula is C26H33N3O4S. The van der Waals surface area contributed by atoms with Crippen LogP contribution in [-0.2, 0) is 10.0 Å². The summed E-state index contributed by atoms with van der Waals surface area (Å²) >= 11 is 0. The van der Waals surface area contributed by atoms with Crippen LogP contribution in [0.15, 0.2) is 47.6 Å². The summed E-state index contributed by atoms with van der Waals surface area (Å²) in [6, 6.07) is 8.13. The van der Waals surface area contributed by atoms with Gasteiger partial charge in [-0.3, -0.25) is 4.98 Å². The summed E-state index contributed by atoms with van der Waals surface area (Å²) < 4.78 is 35.0. The van der Waals surface area contributed by atoms with Gasteiger partial charge >= 0.3 is 0 Å². The molecule has 2 heterocycles. The molecule has 1 aliphatic heterocycles. The molecule has 4 rings (SSSR count). The monoisotopic (exact) mass is 483 g/mol. The molecule has 1 saturated carbocycles. The standard InChI is InChI=1S/C26H33N3O4S/c1-19-15-29(20(2)18-30)34(31,32)26-11-10-21(6-7-22-5-4-12-27-14-22)13-24(26)33-25(19)17-28(3)16-23-8-9-23/h4-5,10-14,19-20,23,25,30H,8-9,15-18H2,1-3H3/t19-,20-,25-/m1/s1. The molecule has 0 spiro atoms. The van der Waals surface area contributed by atoms with Crippen molar-refractivity contribution in [3.63, 3.8) is 0 Å². The number of aromatic nitrogens is 1. The second-order valence-corrected chi connectivity index (χ2v) is 11.4.